The van der Waals surface area contributed by atoms with Gasteiger partial charge in [-0.25, -0.2) is 8.78 Å². The summed E-state index contributed by atoms with van der Waals surface area (Å²) in [5.74, 6) is -2.85. The third-order valence-corrected chi connectivity index (χ3v) is 4.48. The van der Waals surface area contributed by atoms with Crippen LogP contribution in [0.5, 0.6) is 5.75 Å². The molecule has 0 saturated carbocycles. The minimum absolute atomic E-state index is 0.0835. The van der Waals surface area contributed by atoms with Gasteiger partial charge in [0.2, 0.25) is 5.82 Å². The number of hydrogen-bond acceptors (Lipinski definition) is 1. The first-order valence-corrected chi connectivity index (χ1v) is 8.07. The molecule has 0 atom stereocenters. The summed E-state index contributed by atoms with van der Waals surface area (Å²) < 4.78 is 47.9. The molecule has 2 aromatic carbocycles. The molecule has 0 unspecified atom stereocenters. The molecule has 0 fully saturated rings. The highest BCUT2D eigenvalue weighted by atomic mass is 19.2. The van der Waals surface area contributed by atoms with Crippen molar-refractivity contribution in [2.75, 3.05) is 7.11 Å². The fourth-order valence-corrected chi connectivity index (χ4v) is 3.23. The van der Waals surface area contributed by atoms with E-state index in [9.17, 15) is 13.2 Å². The predicted octanol–water partition coefficient (Wildman–Crippen LogP) is 5.60. The molecule has 0 spiro atoms. The van der Waals surface area contributed by atoms with E-state index in [1.54, 1.807) is 0 Å². The predicted molar refractivity (Wildman–Crippen MR) is 88.7 cm³/mol. The topological polar surface area (TPSA) is 9.23 Å². The summed E-state index contributed by atoms with van der Waals surface area (Å²) in [5, 5.41) is 0. The summed E-state index contributed by atoms with van der Waals surface area (Å²) in [6.07, 6.45) is 5.31. The Morgan fingerprint density at radius 2 is 1.67 bits per heavy atom. The van der Waals surface area contributed by atoms with Crippen molar-refractivity contribution in [2.24, 2.45) is 0 Å². The first-order chi connectivity index (χ1) is 11.6. The van der Waals surface area contributed by atoms with Gasteiger partial charge in [0, 0.05) is 11.1 Å². The average molecular weight is 332 g/mol. The monoisotopic (exact) mass is 332 g/mol. The van der Waals surface area contributed by atoms with Crippen LogP contribution in [-0.4, -0.2) is 7.11 Å². The summed E-state index contributed by atoms with van der Waals surface area (Å²) in [5.41, 5.74) is 2.80. The molecule has 0 saturated heterocycles. The van der Waals surface area contributed by atoms with E-state index in [4.69, 9.17) is 4.74 Å². The van der Waals surface area contributed by atoms with E-state index in [0.717, 1.165) is 24.8 Å². The zero-order valence-corrected chi connectivity index (χ0v) is 13.8. The van der Waals surface area contributed by atoms with Gasteiger partial charge in [0.25, 0.3) is 0 Å². The van der Waals surface area contributed by atoms with Crippen molar-refractivity contribution < 1.29 is 17.9 Å². The second kappa shape index (κ2) is 6.71. The van der Waals surface area contributed by atoms with Gasteiger partial charge < -0.3 is 4.74 Å². The molecular weight excluding hydrogens is 313 g/mol. The molecule has 0 amide bonds. The van der Waals surface area contributed by atoms with Crippen molar-refractivity contribution in [3.8, 4) is 16.9 Å². The van der Waals surface area contributed by atoms with E-state index in [-0.39, 0.29) is 16.9 Å². The van der Waals surface area contributed by atoms with Crippen LogP contribution in [0.4, 0.5) is 13.2 Å². The van der Waals surface area contributed by atoms with E-state index in [0.29, 0.717) is 12.0 Å². The maximum Gasteiger partial charge on any atom is 0.201 e. The van der Waals surface area contributed by atoms with E-state index in [2.05, 4.69) is 6.92 Å². The molecule has 0 aliphatic heterocycles. The zero-order valence-electron chi connectivity index (χ0n) is 13.8. The third kappa shape index (κ3) is 2.81. The van der Waals surface area contributed by atoms with Gasteiger partial charge in [0.15, 0.2) is 11.6 Å². The van der Waals surface area contributed by atoms with Gasteiger partial charge in [0.1, 0.15) is 5.82 Å². The quantitative estimate of drug-likeness (QED) is 0.662. The lowest BCUT2D eigenvalue weighted by atomic mass is 9.87. The molecule has 0 aromatic heterocycles. The lowest BCUT2D eigenvalue weighted by Crippen LogP contribution is -2.07. The number of benzene rings is 2. The molecule has 126 valence electrons. The van der Waals surface area contributed by atoms with Crippen molar-refractivity contribution in [1.82, 2.24) is 0 Å². The number of methoxy groups -OCH3 is 1. The minimum Gasteiger partial charge on any atom is -0.494 e. The molecular formula is C20H19F3O. The molecule has 24 heavy (non-hydrogen) atoms. The number of hydrogen-bond donors (Lipinski definition) is 0. The maximum absolute atomic E-state index is 14.9. The van der Waals surface area contributed by atoms with Crippen LogP contribution in [0.3, 0.4) is 0 Å². The largest absolute Gasteiger partial charge is 0.494 e. The summed E-state index contributed by atoms with van der Waals surface area (Å²) >= 11 is 0. The average Bonchev–Trinajstić information content (AvgIpc) is 2.58. The summed E-state index contributed by atoms with van der Waals surface area (Å²) in [6, 6.07) is 6.01. The third-order valence-electron chi connectivity index (χ3n) is 4.48. The Morgan fingerprint density at radius 1 is 0.958 bits per heavy atom. The van der Waals surface area contributed by atoms with E-state index >= 15 is 0 Å². The van der Waals surface area contributed by atoms with Gasteiger partial charge in [-0.1, -0.05) is 37.1 Å². The van der Waals surface area contributed by atoms with Crippen molar-refractivity contribution in [3.05, 3.63) is 64.5 Å². The Bertz CT molecular complexity index is 809. The van der Waals surface area contributed by atoms with Gasteiger partial charge >= 0.3 is 0 Å². The first kappa shape index (κ1) is 16.6. The van der Waals surface area contributed by atoms with E-state index < -0.39 is 17.5 Å². The van der Waals surface area contributed by atoms with Crippen LogP contribution in [-0.2, 0) is 12.8 Å². The van der Waals surface area contributed by atoms with Gasteiger partial charge in [0.05, 0.1) is 7.11 Å². The van der Waals surface area contributed by atoms with Crippen molar-refractivity contribution >= 4 is 0 Å². The van der Waals surface area contributed by atoms with Crippen LogP contribution in [0.1, 0.15) is 30.9 Å². The standard InChI is InChI=1S/C20H19F3O/c1-3-4-12-5-7-14-13(11-12)6-8-15(18(14)21)16-9-10-17(24-2)20(23)19(16)22/h5-6,8-10H,3-4,7,11H2,1-2H3. The number of halogens is 3. The summed E-state index contributed by atoms with van der Waals surface area (Å²) in [4.78, 5) is 0. The molecule has 0 N–H and O–H groups in total. The highest BCUT2D eigenvalue weighted by molar-refractivity contribution is 5.68. The van der Waals surface area contributed by atoms with Crippen LogP contribution < -0.4 is 4.74 Å². The van der Waals surface area contributed by atoms with Gasteiger partial charge in [-0.05, 0) is 42.5 Å². The van der Waals surface area contributed by atoms with Crippen LogP contribution in [0, 0.1) is 17.5 Å². The number of rotatable bonds is 4. The Morgan fingerprint density at radius 3 is 2.38 bits per heavy atom. The fraction of sp³-hybridized carbons (Fsp3) is 0.300. The van der Waals surface area contributed by atoms with Crippen LogP contribution in [0.15, 0.2) is 35.9 Å². The molecule has 1 aliphatic carbocycles. The Hall–Kier alpha value is -2.23. The fourth-order valence-electron chi connectivity index (χ4n) is 3.23. The number of fused-ring (bicyclic) bond motifs is 1. The molecule has 4 heteroatoms. The van der Waals surface area contributed by atoms with Gasteiger partial charge in [-0.15, -0.1) is 0 Å². The number of ether oxygens (including phenoxy) is 1. The minimum atomic E-state index is -1.10. The molecule has 1 aliphatic rings. The summed E-state index contributed by atoms with van der Waals surface area (Å²) in [6.45, 7) is 2.11. The highest BCUT2D eigenvalue weighted by Crippen LogP contribution is 2.35. The van der Waals surface area contributed by atoms with Crippen molar-refractivity contribution in [3.63, 3.8) is 0 Å². The van der Waals surface area contributed by atoms with E-state index in [1.165, 1.54) is 30.9 Å². The Labute approximate surface area is 139 Å². The maximum atomic E-state index is 14.9. The van der Waals surface area contributed by atoms with E-state index in [1.807, 2.05) is 12.1 Å². The van der Waals surface area contributed by atoms with Crippen LogP contribution >= 0.6 is 0 Å². The smallest absolute Gasteiger partial charge is 0.201 e. The lowest BCUT2D eigenvalue weighted by molar-refractivity contribution is 0.372. The van der Waals surface area contributed by atoms with Crippen molar-refractivity contribution in [1.29, 1.82) is 0 Å². The zero-order chi connectivity index (χ0) is 17.3. The lowest BCUT2D eigenvalue weighted by Gasteiger charge is -2.19. The molecule has 0 bridgehead atoms. The SMILES string of the molecule is CCCC1=CCc2c(ccc(-c3ccc(OC)c(F)c3F)c2F)C1. The normalized spacial score (nSPS) is 13.5. The Balaban J connectivity index is 2.04. The van der Waals surface area contributed by atoms with Crippen LogP contribution in [0.25, 0.3) is 11.1 Å². The highest BCUT2D eigenvalue weighted by Gasteiger charge is 2.22. The Kier molecular flexibility index (Phi) is 4.65. The first-order valence-electron chi connectivity index (χ1n) is 8.07. The molecule has 0 radical (unpaired) electrons. The second-order valence-electron chi connectivity index (χ2n) is 6.00. The van der Waals surface area contributed by atoms with Gasteiger partial charge in [-0.3, -0.25) is 0 Å². The summed E-state index contributed by atoms with van der Waals surface area (Å²) in [7, 11) is 1.26. The number of allylic oxidation sites excluding steroid dienone is 2. The second-order valence-corrected chi connectivity index (χ2v) is 6.00. The molecule has 3 rings (SSSR count). The molecule has 1 nitrogen and oxygen atoms in total. The van der Waals surface area contributed by atoms with Crippen molar-refractivity contribution in [2.45, 2.75) is 32.6 Å². The molecule has 0 heterocycles. The van der Waals surface area contributed by atoms with Crippen LogP contribution in [0.2, 0.25) is 0 Å². The molecule has 2 aromatic rings. The van der Waals surface area contributed by atoms with Gasteiger partial charge in [-0.2, -0.15) is 4.39 Å².